The second-order valence-electron chi connectivity index (χ2n) is 7.49. The molecule has 0 radical (unpaired) electrons. The average Bonchev–Trinajstić information content (AvgIpc) is 2.66. The Morgan fingerprint density at radius 1 is 0.964 bits per heavy atom. The molecule has 0 aliphatic heterocycles. The summed E-state index contributed by atoms with van der Waals surface area (Å²) in [5.41, 5.74) is 3.37. The Kier molecular flexibility index (Phi) is 5.45. The molecule has 0 bridgehead atoms. The molecule has 0 amide bonds. The number of aliphatic imine (C=N–C) groups is 1. The molecule has 3 aromatic carbocycles. The number of fused-ring (bicyclic) bond motifs is 1. The summed E-state index contributed by atoms with van der Waals surface area (Å²) in [6.07, 6.45) is 1.53. The van der Waals surface area contributed by atoms with Gasteiger partial charge in [0, 0.05) is 23.2 Å². The molecule has 1 N–H and O–H groups in total. The molecule has 0 saturated heterocycles. The molecular weight excluding hydrogens is 352 g/mol. The van der Waals surface area contributed by atoms with E-state index in [0.29, 0.717) is 16.3 Å². The molecule has 0 saturated carbocycles. The van der Waals surface area contributed by atoms with Crippen molar-refractivity contribution < 1.29 is 10.0 Å². The zero-order valence-electron chi connectivity index (χ0n) is 16.5. The molecule has 3 aromatic rings. The van der Waals surface area contributed by atoms with Gasteiger partial charge in [0.05, 0.1) is 16.0 Å². The van der Waals surface area contributed by atoms with Crippen LogP contribution in [0.4, 0.5) is 11.4 Å². The fourth-order valence-corrected chi connectivity index (χ4v) is 3.41. The fraction of sp³-hybridized carbons (Fsp3) is 0.261. The number of hydrogen-bond donors (Lipinski definition) is 1. The van der Waals surface area contributed by atoms with E-state index in [1.165, 1.54) is 12.3 Å². The van der Waals surface area contributed by atoms with E-state index < -0.39 is 4.92 Å². The first-order valence-corrected chi connectivity index (χ1v) is 9.37. The topological polar surface area (TPSA) is 75.7 Å². The van der Waals surface area contributed by atoms with Crippen molar-refractivity contribution in [2.24, 2.45) is 4.99 Å². The zero-order valence-corrected chi connectivity index (χ0v) is 16.5. The van der Waals surface area contributed by atoms with Gasteiger partial charge in [0.2, 0.25) is 0 Å². The minimum atomic E-state index is -0.430. The highest BCUT2D eigenvalue weighted by Gasteiger charge is 2.18. The number of para-hydroxylation sites is 1. The van der Waals surface area contributed by atoms with Gasteiger partial charge in [-0.1, -0.05) is 64.1 Å². The predicted octanol–water partition coefficient (Wildman–Crippen LogP) is 6.45. The fourth-order valence-electron chi connectivity index (χ4n) is 3.41. The molecule has 0 fully saturated rings. The predicted molar refractivity (Wildman–Crippen MR) is 114 cm³/mol. The molecule has 0 aromatic heterocycles. The first kappa shape index (κ1) is 19.5. The van der Waals surface area contributed by atoms with Crippen LogP contribution in [-0.4, -0.2) is 16.2 Å². The van der Waals surface area contributed by atoms with Crippen LogP contribution in [0.25, 0.3) is 10.8 Å². The van der Waals surface area contributed by atoms with Crippen molar-refractivity contribution in [2.75, 3.05) is 0 Å². The van der Waals surface area contributed by atoms with Crippen LogP contribution < -0.4 is 0 Å². The van der Waals surface area contributed by atoms with Gasteiger partial charge < -0.3 is 5.11 Å². The van der Waals surface area contributed by atoms with Crippen molar-refractivity contribution in [1.29, 1.82) is 0 Å². The summed E-state index contributed by atoms with van der Waals surface area (Å²) in [6.45, 7) is 8.43. The van der Waals surface area contributed by atoms with Gasteiger partial charge in [-0.15, -0.1) is 0 Å². The molecule has 5 heteroatoms. The summed E-state index contributed by atoms with van der Waals surface area (Å²) >= 11 is 0. The van der Waals surface area contributed by atoms with E-state index in [-0.39, 0.29) is 23.3 Å². The number of aromatic hydroxyl groups is 1. The van der Waals surface area contributed by atoms with Gasteiger partial charge in [0.25, 0.3) is 5.69 Å². The number of benzene rings is 3. The maximum atomic E-state index is 11.5. The van der Waals surface area contributed by atoms with Crippen LogP contribution in [0.15, 0.2) is 53.5 Å². The number of hydrogen-bond acceptors (Lipinski definition) is 4. The van der Waals surface area contributed by atoms with Crippen LogP contribution in [0.5, 0.6) is 5.75 Å². The largest absolute Gasteiger partial charge is 0.507 e. The minimum Gasteiger partial charge on any atom is -0.507 e. The Morgan fingerprint density at radius 3 is 2.07 bits per heavy atom. The van der Waals surface area contributed by atoms with Crippen LogP contribution in [-0.2, 0) is 0 Å². The van der Waals surface area contributed by atoms with Crippen LogP contribution in [0.2, 0.25) is 0 Å². The number of phenolic OH excluding ortho intramolecular Hbond substituents is 1. The van der Waals surface area contributed by atoms with Gasteiger partial charge in [-0.3, -0.25) is 15.1 Å². The highest BCUT2D eigenvalue weighted by Crippen LogP contribution is 2.37. The van der Waals surface area contributed by atoms with Crippen LogP contribution >= 0.6 is 0 Å². The summed E-state index contributed by atoms with van der Waals surface area (Å²) in [5, 5.41) is 23.0. The molecule has 0 aliphatic carbocycles. The molecule has 0 spiro atoms. The lowest BCUT2D eigenvalue weighted by Gasteiger charge is -2.16. The molecule has 28 heavy (non-hydrogen) atoms. The first-order valence-electron chi connectivity index (χ1n) is 9.37. The Balaban J connectivity index is 2.20. The second-order valence-corrected chi connectivity index (χ2v) is 7.49. The Labute approximate surface area is 164 Å². The molecule has 144 valence electrons. The van der Waals surface area contributed by atoms with E-state index in [9.17, 15) is 15.2 Å². The van der Waals surface area contributed by atoms with Gasteiger partial charge in [0.1, 0.15) is 5.75 Å². The zero-order chi connectivity index (χ0) is 20.4. The lowest BCUT2D eigenvalue weighted by atomic mass is 9.93. The molecule has 0 aliphatic rings. The number of nitro groups is 1. The van der Waals surface area contributed by atoms with Gasteiger partial charge >= 0.3 is 0 Å². The van der Waals surface area contributed by atoms with E-state index in [1.807, 2.05) is 18.2 Å². The maximum Gasteiger partial charge on any atom is 0.278 e. The lowest BCUT2D eigenvalue weighted by Crippen LogP contribution is -1.97. The van der Waals surface area contributed by atoms with Crippen molar-refractivity contribution in [3.63, 3.8) is 0 Å². The van der Waals surface area contributed by atoms with E-state index in [1.54, 1.807) is 24.3 Å². The smallest absolute Gasteiger partial charge is 0.278 e. The molecule has 5 nitrogen and oxygen atoms in total. The summed E-state index contributed by atoms with van der Waals surface area (Å²) in [4.78, 5) is 15.8. The number of rotatable bonds is 5. The SMILES string of the molecule is CC(C)c1cccc(C(C)C)c1N=Cc1cc([N+](=O)[O-])c2ccccc2c1O. The van der Waals surface area contributed by atoms with E-state index >= 15 is 0 Å². The Hall–Kier alpha value is -3.21. The summed E-state index contributed by atoms with van der Waals surface area (Å²) in [6, 6.07) is 14.3. The third kappa shape index (κ3) is 3.60. The van der Waals surface area contributed by atoms with Gasteiger partial charge in [0.15, 0.2) is 0 Å². The van der Waals surface area contributed by atoms with Crippen LogP contribution in [0.3, 0.4) is 0 Å². The standard InChI is InChI=1S/C23H24N2O3/c1-14(2)17-10-7-11-18(15(3)4)22(17)24-13-16-12-21(25(27)28)19-8-5-6-9-20(19)23(16)26/h5-15,26H,1-4H3. The molecule has 0 heterocycles. The van der Waals surface area contributed by atoms with E-state index in [4.69, 9.17) is 0 Å². The second kappa shape index (κ2) is 7.80. The Morgan fingerprint density at radius 2 is 1.54 bits per heavy atom. The summed E-state index contributed by atoms with van der Waals surface area (Å²) in [5.74, 6) is 0.564. The van der Waals surface area contributed by atoms with E-state index in [0.717, 1.165) is 16.8 Å². The number of nitrogens with zero attached hydrogens (tertiary/aromatic N) is 2. The van der Waals surface area contributed by atoms with E-state index in [2.05, 4.69) is 32.7 Å². The van der Waals surface area contributed by atoms with Crippen LogP contribution in [0, 0.1) is 10.1 Å². The highest BCUT2D eigenvalue weighted by atomic mass is 16.6. The minimum absolute atomic E-state index is 0.00178. The molecule has 0 atom stereocenters. The summed E-state index contributed by atoms with van der Waals surface area (Å²) < 4.78 is 0. The van der Waals surface area contributed by atoms with Gasteiger partial charge in [-0.05, 0) is 29.0 Å². The maximum absolute atomic E-state index is 11.5. The highest BCUT2D eigenvalue weighted by molar-refractivity contribution is 6.02. The quantitative estimate of drug-likeness (QED) is 0.316. The van der Waals surface area contributed by atoms with Gasteiger partial charge in [-0.2, -0.15) is 0 Å². The average molecular weight is 376 g/mol. The normalized spacial score (nSPS) is 11.8. The van der Waals surface area contributed by atoms with Crippen LogP contribution in [0.1, 0.15) is 56.2 Å². The Bertz CT molecular complexity index is 1040. The third-order valence-corrected chi connectivity index (χ3v) is 4.90. The first-order chi connectivity index (χ1) is 13.3. The third-order valence-electron chi connectivity index (χ3n) is 4.90. The summed E-state index contributed by atoms with van der Waals surface area (Å²) in [7, 11) is 0. The van der Waals surface area contributed by atoms with Crippen molar-refractivity contribution >= 4 is 28.4 Å². The monoisotopic (exact) mass is 376 g/mol. The number of nitro benzene ring substituents is 1. The lowest BCUT2D eigenvalue weighted by molar-refractivity contribution is -0.383. The van der Waals surface area contributed by atoms with Crippen molar-refractivity contribution in [3.05, 3.63) is 75.3 Å². The molecule has 0 unspecified atom stereocenters. The molecular formula is C23H24N2O3. The van der Waals surface area contributed by atoms with Gasteiger partial charge in [-0.25, -0.2) is 0 Å². The number of non-ortho nitro benzene ring substituents is 1. The van der Waals surface area contributed by atoms with Crippen molar-refractivity contribution in [2.45, 2.75) is 39.5 Å². The molecule has 3 rings (SSSR count). The van der Waals surface area contributed by atoms with Crippen molar-refractivity contribution in [1.82, 2.24) is 0 Å². The van der Waals surface area contributed by atoms with Crippen molar-refractivity contribution in [3.8, 4) is 5.75 Å². The number of phenols is 1.